The number of hydrogen-bond acceptors (Lipinski definition) is 10. The van der Waals surface area contributed by atoms with Gasteiger partial charge in [-0.05, 0) is 85.1 Å². The Morgan fingerprint density at radius 3 is 2.64 bits per heavy atom. The summed E-state index contributed by atoms with van der Waals surface area (Å²) in [6.45, 7) is 2.40. The number of carbonyl (C=O) groups is 2. The fourth-order valence-electron chi connectivity index (χ4n) is 4.95. The normalized spacial score (nSPS) is 18.2. The largest absolute Gasteiger partial charge is 0.454 e. The van der Waals surface area contributed by atoms with Gasteiger partial charge in [-0.2, -0.15) is 13.2 Å². The maximum atomic E-state index is 13.7. The minimum absolute atomic E-state index is 0.0724. The lowest BCUT2D eigenvalue weighted by Crippen LogP contribution is -2.38. The van der Waals surface area contributed by atoms with Crippen LogP contribution in [0.5, 0.6) is 11.5 Å². The smallest absolute Gasteiger partial charge is 0.433 e. The van der Waals surface area contributed by atoms with Crippen molar-refractivity contribution < 1.29 is 32.2 Å². The monoisotopic (exact) mass is 598 g/mol. The van der Waals surface area contributed by atoms with Gasteiger partial charge in [0.2, 0.25) is 12.7 Å². The van der Waals surface area contributed by atoms with Crippen molar-refractivity contribution >= 4 is 34.9 Å². The molecule has 0 spiro atoms. The third-order valence-electron chi connectivity index (χ3n) is 7.09. The second-order valence-corrected chi connectivity index (χ2v) is 11.0. The molecular weight excluding hydrogens is 573 g/mol. The van der Waals surface area contributed by atoms with E-state index >= 15 is 0 Å². The summed E-state index contributed by atoms with van der Waals surface area (Å²) in [7, 11) is 0. The van der Waals surface area contributed by atoms with Gasteiger partial charge < -0.3 is 19.7 Å². The van der Waals surface area contributed by atoms with E-state index in [1.807, 2.05) is 0 Å². The number of alkyl halides is 3. The van der Waals surface area contributed by atoms with Crippen molar-refractivity contribution in [2.45, 2.75) is 25.6 Å². The number of nitrogens with one attached hydrogen (secondary N) is 2. The second kappa shape index (κ2) is 11.6. The van der Waals surface area contributed by atoms with Gasteiger partial charge in [0.1, 0.15) is 5.69 Å². The molecule has 6 rings (SSSR count). The number of fused-ring (bicyclic) bond motifs is 1. The highest BCUT2D eigenvalue weighted by atomic mass is 32.2. The lowest BCUT2D eigenvalue weighted by atomic mass is 9.97. The zero-order chi connectivity index (χ0) is 29.3. The van der Waals surface area contributed by atoms with Crippen LogP contribution in [0.3, 0.4) is 0 Å². The average molecular weight is 599 g/mol. The van der Waals surface area contributed by atoms with E-state index in [4.69, 9.17) is 9.47 Å². The number of hydrogen-bond donors (Lipinski definition) is 2. The summed E-state index contributed by atoms with van der Waals surface area (Å²) in [4.78, 5) is 38.3. The van der Waals surface area contributed by atoms with Crippen LogP contribution in [0.4, 0.5) is 23.9 Å². The molecule has 0 saturated carbocycles. The number of aromatic nitrogens is 3. The van der Waals surface area contributed by atoms with E-state index in [1.54, 1.807) is 42.6 Å². The minimum atomic E-state index is -4.58. The van der Waals surface area contributed by atoms with Crippen molar-refractivity contribution in [3.63, 3.8) is 0 Å². The summed E-state index contributed by atoms with van der Waals surface area (Å²) >= 11 is 0.834. The maximum absolute atomic E-state index is 13.7. The highest BCUT2D eigenvalue weighted by molar-refractivity contribution is 8.18. The van der Waals surface area contributed by atoms with E-state index in [-0.39, 0.29) is 23.9 Å². The fourth-order valence-corrected chi connectivity index (χ4v) is 5.61. The van der Waals surface area contributed by atoms with Gasteiger partial charge >= 0.3 is 6.18 Å². The molecule has 5 heterocycles. The molecule has 3 aliphatic heterocycles. The van der Waals surface area contributed by atoms with Gasteiger partial charge in [0, 0.05) is 31.4 Å². The molecule has 0 unspecified atom stereocenters. The van der Waals surface area contributed by atoms with Crippen LogP contribution in [0.1, 0.15) is 29.8 Å². The minimum Gasteiger partial charge on any atom is -0.454 e. The molecule has 0 bridgehead atoms. The summed E-state index contributed by atoms with van der Waals surface area (Å²) < 4.78 is 51.6. The molecule has 2 fully saturated rings. The van der Waals surface area contributed by atoms with Crippen molar-refractivity contribution in [3.05, 3.63) is 64.5 Å². The van der Waals surface area contributed by atoms with Crippen LogP contribution in [0, 0.1) is 5.92 Å². The Morgan fingerprint density at radius 2 is 1.88 bits per heavy atom. The molecule has 3 aliphatic rings. The van der Waals surface area contributed by atoms with Crippen LogP contribution < -0.4 is 25.0 Å². The third-order valence-corrected chi connectivity index (χ3v) is 7.90. The Labute approximate surface area is 242 Å². The van der Waals surface area contributed by atoms with E-state index in [0.29, 0.717) is 59.8 Å². The summed E-state index contributed by atoms with van der Waals surface area (Å²) in [6, 6.07) is 9.38. The first kappa shape index (κ1) is 28.0. The van der Waals surface area contributed by atoms with Gasteiger partial charge in [-0.1, -0.05) is 0 Å². The molecule has 1 aromatic carbocycles. The van der Waals surface area contributed by atoms with Crippen LogP contribution in [0.2, 0.25) is 0 Å². The number of imide groups is 1. The number of thioether (sulfide) groups is 1. The van der Waals surface area contributed by atoms with Crippen molar-refractivity contribution in [2.24, 2.45) is 5.92 Å². The highest BCUT2D eigenvalue weighted by Gasteiger charge is 2.33. The van der Waals surface area contributed by atoms with E-state index in [9.17, 15) is 22.8 Å². The Morgan fingerprint density at radius 1 is 1.07 bits per heavy atom. The van der Waals surface area contributed by atoms with Crippen LogP contribution >= 0.6 is 11.8 Å². The number of rotatable bonds is 7. The van der Waals surface area contributed by atoms with Crippen molar-refractivity contribution in [1.29, 1.82) is 0 Å². The van der Waals surface area contributed by atoms with Gasteiger partial charge in [-0.15, -0.1) is 0 Å². The molecule has 0 aliphatic carbocycles. The quantitative estimate of drug-likeness (QED) is 0.373. The van der Waals surface area contributed by atoms with Crippen molar-refractivity contribution in [3.8, 4) is 22.8 Å². The number of ether oxygens (including phenoxy) is 2. The molecule has 2 aromatic heterocycles. The highest BCUT2D eigenvalue weighted by Crippen LogP contribution is 2.37. The van der Waals surface area contributed by atoms with Gasteiger partial charge in [0.25, 0.3) is 11.1 Å². The number of piperidine rings is 1. The number of anilines is 1. The second-order valence-electron chi connectivity index (χ2n) is 10.0. The molecular formula is C28H25F3N6O4S. The SMILES string of the molecule is O=C1NC(=O)C(=Cc2ccnc(N3CCC(CNCc4cc(-c5ccc6c(c5)OCO6)nc(C(F)(F)F)c4)CC3)n2)S1. The van der Waals surface area contributed by atoms with Gasteiger partial charge in [0.15, 0.2) is 11.5 Å². The van der Waals surface area contributed by atoms with Crippen LogP contribution in [0.15, 0.2) is 47.5 Å². The Kier molecular flexibility index (Phi) is 7.73. The predicted octanol–water partition coefficient (Wildman–Crippen LogP) is 4.62. The number of benzene rings is 1. The number of amides is 2. The summed E-state index contributed by atoms with van der Waals surface area (Å²) in [6.07, 6.45) is 0.295. The van der Waals surface area contributed by atoms with Crippen molar-refractivity contribution in [2.75, 3.05) is 31.3 Å². The number of carbonyl (C=O) groups excluding carboxylic acids is 2. The maximum Gasteiger partial charge on any atom is 0.433 e. The molecule has 218 valence electrons. The van der Waals surface area contributed by atoms with E-state index in [2.05, 4.69) is 30.5 Å². The topological polar surface area (TPSA) is 119 Å². The zero-order valence-corrected chi connectivity index (χ0v) is 22.9. The predicted molar refractivity (Wildman–Crippen MR) is 149 cm³/mol. The lowest BCUT2D eigenvalue weighted by Gasteiger charge is -2.32. The third kappa shape index (κ3) is 6.34. The summed E-state index contributed by atoms with van der Waals surface area (Å²) in [5.74, 6) is 1.45. The molecule has 0 atom stereocenters. The van der Waals surface area contributed by atoms with Gasteiger partial charge in [-0.3, -0.25) is 14.9 Å². The van der Waals surface area contributed by atoms with Crippen LogP contribution in [0.25, 0.3) is 17.3 Å². The standard InChI is InChI=1S/C28H25F3N6O4S/c29-28(30,31)24-10-17(9-20(35-24)18-1-2-21-22(11-18)41-15-40-21)14-32-13-16-4-7-37(8-5-16)26-33-6-3-19(34-26)12-23-25(38)36-27(39)42-23/h1-3,6,9-12,16,32H,4-5,7-8,13-15H2,(H,36,38,39). The molecule has 0 radical (unpaired) electrons. The molecule has 42 heavy (non-hydrogen) atoms. The molecule has 14 heteroatoms. The van der Waals surface area contributed by atoms with E-state index < -0.39 is 23.0 Å². The lowest BCUT2D eigenvalue weighted by molar-refractivity contribution is -0.141. The van der Waals surface area contributed by atoms with E-state index in [1.165, 1.54) is 0 Å². The first-order valence-electron chi connectivity index (χ1n) is 13.2. The molecule has 2 N–H and O–H groups in total. The van der Waals surface area contributed by atoms with Gasteiger partial charge in [-0.25, -0.2) is 15.0 Å². The summed E-state index contributed by atoms with van der Waals surface area (Å²) in [5.41, 5.74) is 0.800. The average Bonchev–Trinajstić information content (AvgIpc) is 3.57. The molecule has 2 saturated heterocycles. The Bertz CT molecular complexity index is 1560. The number of pyridine rings is 1. The van der Waals surface area contributed by atoms with E-state index in [0.717, 1.165) is 30.7 Å². The summed E-state index contributed by atoms with van der Waals surface area (Å²) in [5, 5.41) is 5.13. The van der Waals surface area contributed by atoms with Gasteiger partial charge in [0.05, 0.1) is 16.3 Å². The van der Waals surface area contributed by atoms with Crippen molar-refractivity contribution in [1.82, 2.24) is 25.6 Å². The molecule has 10 nitrogen and oxygen atoms in total. The number of halogens is 3. The zero-order valence-electron chi connectivity index (χ0n) is 22.1. The first-order chi connectivity index (χ1) is 20.2. The fraction of sp³-hybridized carbons (Fsp3) is 0.321. The van der Waals surface area contributed by atoms with Crippen LogP contribution in [-0.4, -0.2) is 52.5 Å². The van der Waals surface area contributed by atoms with Crippen LogP contribution in [-0.2, 0) is 17.5 Å². The number of nitrogens with zero attached hydrogens (tertiary/aromatic N) is 4. The molecule has 3 aromatic rings. The Hall–Kier alpha value is -4.17. The Balaban J connectivity index is 1.06. The first-order valence-corrected chi connectivity index (χ1v) is 14.0. The molecule has 2 amide bonds.